The van der Waals surface area contributed by atoms with Crippen LogP contribution in [0.5, 0.6) is 5.75 Å². The molecule has 3 N–H and O–H groups in total. The first-order valence-corrected chi connectivity index (χ1v) is 9.99. The lowest BCUT2D eigenvalue weighted by atomic mass is 10.1. The molecule has 10 heteroatoms. The van der Waals surface area contributed by atoms with Crippen molar-refractivity contribution >= 4 is 34.4 Å². The van der Waals surface area contributed by atoms with Gasteiger partial charge in [-0.25, -0.2) is 0 Å². The predicted octanol–water partition coefficient (Wildman–Crippen LogP) is 2.49. The van der Waals surface area contributed by atoms with E-state index in [-0.39, 0.29) is 5.91 Å². The first kappa shape index (κ1) is 20.4. The molecule has 1 aliphatic rings. The van der Waals surface area contributed by atoms with E-state index in [1.807, 2.05) is 6.92 Å². The van der Waals surface area contributed by atoms with Gasteiger partial charge in [0.25, 0.3) is 5.91 Å². The maximum Gasteiger partial charge on any atom is 0.254 e. The lowest BCUT2D eigenvalue weighted by Gasteiger charge is -2.27. The van der Waals surface area contributed by atoms with Crippen LogP contribution in [0.15, 0.2) is 24.4 Å². The second kappa shape index (κ2) is 8.89. The van der Waals surface area contributed by atoms with Crippen molar-refractivity contribution in [1.29, 1.82) is 5.26 Å². The molecule has 1 saturated heterocycles. The molecular formula is C21H23N7O3. The molecule has 2 aromatic heterocycles. The summed E-state index contributed by atoms with van der Waals surface area (Å²) < 4.78 is 10.8. The summed E-state index contributed by atoms with van der Waals surface area (Å²) in [6.07, 6.45) is 1.61. The van der Waals surface area contributed by atoms with E-state index in [1.165, 1.54) is 0 Å². The number of hydrogen-bond acceptors (Lipinski definition) is 8. The number of morpholine rings is 1. The Hall–Kier alpha value is -3.84. The fraction of sp³-hybridized carbons (Fsp3) is 0.333. The number of hydrogen-bond donors (Lipinski definition) is 3. The molecule has 0 spiro atoms. The Morgan fingerprint density at radius 3 is 2.87 bits per heavy atom. The van der Waals surface area contributed by atoms with Crippen molar-refractivity contribution in [3.05, 3.63) is 35.5 Å². The Kier molecular flexibility index (Phi) is 5.86. The molecule has 1 aromatic carbocycles. The number of carbonyl (C=O) groups is 1. The number of anilines is 3. The maximum absolute atomic E-state index is 12.8. The van der Waals surface area contributed by atoms with E-state index >= 15 is 0 Å². The summed E-state index contributed by atoms with van der Waals surface area (Å²) >= 11 is 0. The summed E-state index contributed by atoms with van der Waals surface area (Å²) in [5, 5.41) is 16.3. The van der Waals surface area contributed by atoms with Gasteiger partial charge in [0.2, 0.25) is 5.95 Å². The smallest absolute Gasteiger partial charge is 0.254 e. The summed E-state index contributed by atoms with van der Waals surface area (Å²) in [6, 6.07) is 7.36. The molecule has 0 radical (unpaired) electrons. The maximum atomic E-state index is 12.8. The van der Waals surface area contributed by atoms with Crippen LogP contribution in [0.3, 0.4) is 0 Å². The van der Waals surface area contributed by atoms with Crippen LogP contribution in [0.1, 0.15) is 22.8 Å². The van der Waals surface area contributed by atoms with Crippen molar-refractivity contribution in [2.24, 2.45) is 0 Å². The number of benzene rings is 1. The summed E-state index contributed by atoms with van der Waals surface area (Å²) in [5.41, 5.74) is 2.18. The third kappa shape index (κ3) is 4.08. The highest BCUT2D eigenvalue weighted by Crippen LogP contribution is 2.31. The highest BCUT2D eigenvalue weighted by Gasteiger charge is 2.20. The Labute approximate surface area is 179 Å². The molecule has 160 valence electrons. The van der Waals surface area contributed by atoms with Crippen LogP contribution >= 0.6 is 0 Å². The first-order valence-electron chi connectivity index (χ1n) is 9.99. The quantitative estimate of drug-likeness (QED) is 0.554. The number of methoxy groups -OCH3 is 1. The van der Waals surface area contributed by atoms with Gasteiger partial charge in [-0.2, -0.15) is 15.2 Å². The van der Waals surface area contributed by atoms with Gasteiger partial charge < -0.3 is 30.0 Å². The average molecular weight is 421 g/mol. The number of H-pyrrole nitrogens is 1. The van der Waals surface area contributed by atoms with Gasteiger partial charge >= 0.3 is 0 Å². The second-order valence-corrected chi connectivity index (χ2v) is 6.91. The number of nitriles is 1. The van der Waals surface area contributed by atoms with Crippen molar-refractivity contribution in [1.82, 2.24) is 19.9 Å². The van der Waals surface area contributed by atoms with Crippen LogP contribution in [0, 0.1) is 11.3 Å². The number of aromatic amines is 1. The molecule has 3 aromatic rings. The molecule has 1 fully saturated rings. The van der Waals surface area contributed by atoms with E-state index in [1.54, 1.807) is 36.4 Å². The van der Waals surface area contributed by atoms with Crippen LogP contribution < -0.4 is 15.4 Å². The normalized spacial score (nSPS) is 13.6. The number of aromatic nitrogens is 3. The molecule has 10 nitrogen and oxygen atoms in total. The highest BCUT2D eigenvalue weighted by molar-refractivity contribution is 5.96. The van der Waals surface area contributed by atoms with Gasteiger partial charge in [-0.1, -0.05) is 0 Å². The van der Waals surface area contributed by atoms with Crippen LogP contribution in [0.2, 0.25) is 0 Å². The van der Waals surface area contributed by atoms with Crippen molar-refractivity contribution < 1.29 is 14.3 Å². The first-order chi connectivity index (χ1) is 15.1. The number of fused-ring (bicyclic) bond motifs is 1. The van der Waals surface area contributed by atoms with E-state index in [9.17, 15) is 10.1 Å². The number of ether oxygens (including phenoxy) is 2. The van der Waals surface area contributed by atoms with Crippen LogP contribution in [0.4, 0.5) is 17.5 Å². The molecule has 0 unspecified atom stereocenters. The van der Waals surface area contributed by atoms with E-state index in [4.69, 9.17) is 9.47 Å². The van der Waals surface area contributed by atoms with Crippen molar-refractivity contribution in [2.75, 3.05) is 50.6 Å². The lowest BCUT2D eigenvalue weighted by molar-refractivity contribution is 0.0302. The molecule has 3 heterocycles. The minimum Gasteiger partial charge on any atom is -0.495 e. The Morgan fingerprint density at radius 1 is 1.35 bits per heavy atom. The number of nitrogens with zero attached hydrogens (tertiary/aromatic N) is 4. The molecule has 0 bridgehead atoms. The highest BCUT2D eigenvalue weighted by atomic mass is 16.5. The van der Waals surface area contributed by atoms with E-state index < -0.39 is 0 Å². The van der Waals surface area contributed by atoms with Crippen molar-refractivity contribution in [3.63, 3.8) is 0 Å². The zero-order valence-electron chi connectivity index (χ0n) is 17.4. The van der Waals surface area contributed by atoms with Crippen molar-refractivity contribution in [3.8, 4) is 11.8 Å². The monoisotopic (exact) mass is 421 g/mol. The number of rotatable bonds is 6. The average Bonchev–Trinajstić information content (AvgIpc) is 3.23. The fourth-order valence-corrected chi connectivity index (χ4v) is 3.47. The largest absolute Gasteiger partial charge is 0.495 e. The zero-order valence-corrected chi connectivity index (χ0v) is 17.4. The Morgan fingerprint density at radius 2 is 2.16 bits per heavy atom. The van der Waals surface area contributed by atoms with Gasteiger partial charge in [-0.15, -0.1) is 0 Å². The second-order valence-electron chi connectivity index (χ2n) is 6.91. The summed E-state index contributed by atoms with van der Waals surface area (Å²) in [7, 11) is 1.54. The summed E-state index contributed by atoms with van der Waals surface area (Å²) in [4.78, 5) is 26.5. The van der Waals surface area contributed by atoms with E-state index in [2.05, 4.69) is 31.7 Å². The van der Waals surface area contributed by atoms with Gasteiger partial charge in [-0.3, -0.25) is 4.79 Å². The number of nitrogens with one attached hydrogen (secondary N) is 3. The van der Waals surface area contributed by atoms with Crippen LogP contribution in [0.25, 0.3) is 11.0 Å². The number of amides is 1. The molecule has 0 atom stereocenters. The minimum atomic E-state index is -0.0596. The van der Waals surface area contributed by atoms with Crippen LogP contribution in [-0.4, -0.2) is 65.7 Å². The molecule has 4 rings (SSSR count). The zero-order chi connectivity index (χ0) is 21.8. The van der Waals surface area contributed by atoms with Gasteiger partial charge in [0.1, 0.15) is 23.3 Å². The standard InChI is InChI=1S/C21H23N7O3/c1-3-23-18-17-14(11-22)12-24-19(17)27-21(26-18)25-15-5-4-13(10-16(15)30-2)20(29)28-6-8-31-9-7-28/h4-5,10,12H,3,6-9H2,1-2H3,(H3,23,24,25,26,27). The predicted molar refractivity (Wildman–Crippen MR) is 116 cm³/mol. The third-order valence-corrected chi connectivity index (χ3v) is 4.99. The van der Waals surface area contributed by atoms with Gasteiger partial charge in [0.05, 0.1) is 37.0 Å². The Bertz CT molecular complexity index is 1150. The van der Waals surface area contributed by atoms with Crippen LogP contribution in [-0.2, 0) is 4.74 Å². The molecule has 0 aliphatic carbocycles. The van der Waals surface area contributed by atoms with Gasteiger partial charge in [0, 0.05) is 31.4 Å². The van der Waals surface area contributed by atoms with Gasteiger partial charge in [-0.05, 0) is 25.1 Å². The Balaban J connectivity index is 1.63. The summed E-state index contributed by atoms with van der Waals surface area (Å²) in [5.74, 6) is 1.33. The molecule has 31 heavy (non-hydrogen) atoms. The molecular weight excluding hydrogens is 398 g/mol. The third-order valence-electron chi connectivity index (χ3n) is 4.99. The molecule has 0 saturated carbocycles. The van der Waals surface area contributed by atoms with Gasteiger partial charge in [0.15, 0.2) is 0 Å². The van der Waals surface area contributed by atoms with E-state index in [0.29, 0.717) is 78.2 Å². The molecule has 1 aliphatic heterocycles. The van der Waals surface area contributed by atoms with Crippen molar-refractivity contribution in [2.45, 2.75) is 6.92 Å². The molecule has 1 amide bonds. The minimum absolute atomic E-state index is 0.0596. The summed E-state index contributed by atoms with van der Waals surface area (Å²) in [6.45, 7) is 4.83. The lowest BCUT2D eigenvalue weighted by Crippen LogP contribution is -2.40. The number of carbonyl (C=O) groups excluding carboxylic acids is 1. The topological polar surface area (TPSA) is 128 Å². The van der Waals surface area contributed by atoms with E-state index in [0.717, 1.165) is 0 Å². The fourth-order valence-electron chi connectivity index (χ4n) is 3.47. The SMILES string of the molecule is CCNc1nc(Nc2ccc(C(=O)N3CCOCC3)cc2OC)nc2[nH]cc(C#N)c12.